The number of benzene rings is 1. The molecule has 1 fully saturated rings. The average Bonchev–Trinajstić information content (AvgIpc) is 2.50. The molecule has 2 heterocycles. The van der Waals surface area contributed by atoms with E-state index in [4.69, 9.17) is 23.2 Å². The predicted molar refractivity (Wildman–Crippen MR) is 89.7 cm³/mol. The fraction of sp³-hybridized carbons (Fsp3) is 0.308. The van der Waals surface area contributed by atoms with Gasteiger partial charge in [0.05, 0.1) is 15.6 Å². The highest BCUT2D eigenvalue weighted by molar-refractivity contribution is 8.01. The van der Waals surface area contributed by atoms with E-state index in [1.54, 1.807) is 11.8 Å². The third-order valence-electron chi connectivity index (χ3n) is 3.36. The molecule has 1 aromatic heterocycles. The first-order valence-corrected chi connectivity index (χ1v) is 9.89. The second kappa shape index (κ2) is 6.05. The van der Waals surface area contributed by atoms with Crippen molar-refractivity contribution in [2.24, 2.45) is 0 Å². The first-order valence-electron chi connectivity index (χ1n) is 6.43. The number of aromatic hydroxyl groups is 1. The first kappa shape index (κ1) is 16.1. The van der Waals surface area contributed by atoms with Gasteiger partial charge in [-0.2, -0.15) is 11.8 Å². The van der Waals surface area contributed by atoms with Gasteiger partial charge in [0, 0.05) is 29.5 Å². The molecule has 3 rings (SSSR count). The molecule has 1 aliphatic heterocycles. The van der Waals surface area contributed by atoms with Crippen LogP contribution in [0.4, 0.5) is 0 Å². The van der Waals surface area contributed by atoms with Gasteiger partial charge in [0.25, 0.3) is 0 Å². The highest BCUT2D eigenvalue weighted by Crippen LogP contribution is 2.33. The van der Waals surface area contributed by atoms with Gasteiger partial charge in [0.15, 0.2) is 5.03 Å². The fourth-order valence-electron chi connectivity index (χ4n) is 2.21. The van der Waals surface area contributed by atoms with Gasteiger partial charge in [0.1, 0.15) is 11.1 Å². The van der Waals surface area contributed by atoms with E-state index in [-0.39, 0.29) is 26.3 Å². The van der Waals surface area contributed by atoms with E-state index in [9.17, 15) is 13.5 Å². The summed E-state index contributed by atoms with van der Waals surface area (Å²) >= 11 is 13.4. The minimum atomic E-state index is -3.68. The summed E-state index contributed by atoms with van der Waals surface area (Å²) in [6, 6.07) is 4.07. The van der Waals surface area contributed by atoms with Crippen LogP contribution in [0.2, 0.25) is 10.0 Å². The smallest absolute Gasteiger partial charge is 0.212 e. The van der Waals surface area contributed by atoms with Crippen LogP contribution in [0, 0.1) is 0 Å². The summed E-state index contributed by atoms with van der Waals surface area (Å²) in [5, 5.41) is 13.1. The molecule has 1 atom stereocenters. The van der Waals surface area contributed by atoms with Crippen LogP contribution in [-0.2, 0) is 9.84 Å². The van der Waals surface area contributed by atoms with Crippen LogP contribution >= 0.6 is 35.0 Å². The molecular formula is C13H12Cl2N2O3S2. The monoisotopic (exact) mass is 378 g/mol. The number of pyridine rings is 1. The van der Waals surface area contributed by atoms with E-state index in [2.05, 4.69) is 10.3 Å². The summed E-state index contributed by atoms with van der Waals surface area (Å²) in [5.41, 5.74) is 0.288. The van der Waals surface area contributed by atoms with E-state index in [0.717, 1.165) is 11.8 Å². The Morgan fingerprint density at radius 2 is 2.00 bits per heavy atom. The molecule has 22 heavy (non-hydrogen) atoms. The van der Waals surface area contributed by atoms with Crippen LogP contribution < -0.4 is 5.32 Å². The Bertz CT molecular complexity index is 837. The maximum absolute atomic E-state index is 12.6. The number of aromatic nitrogens is 1. The van der Waals surface area contributed by atoms with Crippen LogP contribution in [0.15, 0.2) is 23.2 Å². The highest BCUT2D eigenvalue weighted by Gasteiger charge is 2.31. The van der Waals surface area contributed by atoms with Crippen LogP contribution in [0.3, 0.4) is 0 Å². The van der Waals surface area contributed by atoms with Gasteiger partial charge < -0.3 is 5.11 Å². The van der Waals surface area contributed by atoms with E-state index in [0.29, 0.717) is 17.7 Å². The van der Waals surface area contributed by atoms with Crippen molar-refractivity contribution in [2.45, 2.75) is 10.4 Å². The third kappa shape index (κ3) is 2.88. The lowest BCUT2D eigenvalue weighted by atomic mass is 10.2. The lowest BCUT2D eigenvalue weighted by molar-refractivity contribution is 0.478. The van der Waals surface area contributed by atoms with Crippen molar-refractivity contribution in [2.75, 3.05) is 18.1 Å². The van der Waals surface area contributed by atoms with Crippen molar-refractivity contribution in [1.82, 2.24) is 10.3 Å². The Morgan fingerprint density at radius 3 is 2.68 bits per heavy atom. The largest absolute Gasteiger partial charge is 0.507 e. The molecule has 0 amide bonds. The molecule has 2 aromatic rings. The lowest BCUT2D eigenvalue weighted by Crippen LogP contribution is -2.43. The number of rotatable bonds is 2. The van der Waals surface area contributed by atoms with Crippen LogP contribution in [0.1, 0.15) is 0 Å². The Morgan fingerprint density at radius 1 is 1.27 bits per heavy atom. The van der Waals surface area contributed by atoms with Gasteiger partial charge >= 0.3 is 0 Å². The van der Waals surface area contributed by atoms with Gasteiger partial charge in [-0.25, -0.2) is 13.4 Å². The van der Waals surface area contributed by atoms with Crippen molar-refractivity contribution in [1.29, 1.82) is 0 Å². The molecule has 1 aliphatic rings. The molecule has 0 aliphatic carbocycles. The Kier molecular flexibility index (Phi) is 4.44. The van der Waals surface area contributed by atoms with Crippen molar-refractivity contribution < 1.29 is 13.5 Å². The van der Waals surface area contributed by atoms with Gasteiger partial charge in [-0.1, -0.05) is 23.2 Å². The molecule has 0 saturated carbocycles. The summed E-state index contributed by atoms with van der Waals surface area (Å²) in [6.45, 7) is 0.621. The number of sulfone groups is 1. The zero-order chi connectivity index (χ0) is 15.9. The SMILES string of the molecule is O=S(=O)(c1cc(O)c2cc(Cl)c(Cl)cc2n1)C1CSCCN1. The molecule has 0 spiro atoms. The Balaban J connectivity index is 2.13. The summed E-state index contributed by atoms with van der Waals surface area (Å²) < 4.78 is 25.3. The summed E-state index contributed by atoms with van der Waals surface area (Å²) in [6.07, 6.45) is 0. The van der Waals surface area contributed by atoms with Crippen molar-refractivity contribution in [3.63, 3.8) is 0 Å². The minimum Gasteiger partial charge on any atom is -0.507 e. The van der Waals surface area contributed by atoms with Gasteiger partial charge in [-0.05, 0) is 12.1 Å². The number of hydrogen-bond donors (Lipinski definition) is 2. The number of nitrogens with one attached hydrogen (secondary N) is 1. The van der Waals surface area contributed by atoms with Crippen LogP contribution in [0.5, 0.6) is 5.75 Å². The normalized spacial score (nSPS) is 19.5. The molecule has 9 heteroatoms. The van der Waals surface area contributed by atoms with Gasteiger partial charge in [-0.3, -0.25) is 5.32 Å². The van der Waals surface area contributed by atoms with Crippen molar-refractivity contribution in [3.05, 3.63) is 28.2 Å². The van der Waals surface area contributed by atoms with Gasteiger partial charge in [-0.15, -0.1) is 0 Å². The molecule has 1 saturated heterocycles. The number of nitrogens with zero attached hydrogens (tertiary/aromatic N) is 1. The lowest BCUT2D eigenvalue weighted by Gasteiger charge is -2.22. The summed E-state index contributed by atoms with van der Waals surface area (Å²) in [4.78, 5) is 4.14. The number of thioether (sulfide) groups is 1. The second-order valence-corrected chi connectivity index (χ2v) is 8.87. The third-order valence-corrected chi connectivity index (χ3v) is 7.23. The summed E-state index contributed by atoms with van der Waals surface area (Å²) in [7, 11) is -3.68. The highest BCUT2D eigenvalue weighted by atomic mass is 35.5. The van der Waals surface area contributed by atoms with Crippen LogP contribution in [-0.4, -0.2) is 41.9 Å². The number of halogens is 2. The molecule has 2 N–H and O–H groups in total. The Hall–Kier alpha value is -0.730. The molecule has 118 valence electrons. The molecule has 0 bridgehead atoms. The second-order valence-electron chi connectivity index (χ2n) is 4.83. The number of fused-ring (bicyclic) bond motifs is 1. The van der Waals surface area contributed by atoms with Gasteiger partial charge in [0.2, 0.25) is 9.84 Å². The Labute approximate surface area is 141 Å². The molecular weight excluding hydrogens is 367 g/mol. The van der Waals surface area contributed by atoms with Crippen molar-refractivity contribution >= 4 is 55.7 Å². The topological polar surface area (TPSA) is 79.3 Å². The zero-order valence-corrected chi connectivity index (χ0v) is 14.4. The zero-order valence-electron chi connectivity index (χ0n) is 11.2. The van der Waals surface area contributed by atoms with E-state index in [1.165, 1.54) is 12.1 Å². The minimum absolute atomic E-state index is 0.170. The van der Waals surface area contributed by atoms with Crippen LogP contribution in [0.25, 0.3) is 10.9 Å². The van der Waals surface area contributed by atoms with E-state index < -0.39 is 15.2 Å². The van der Waals surface area contributed by atoms with E-state index >= 15 is 0 Å². The maximum Gasteiger partial charge on any atom is 0.212 e. The first-order chi connectivity index (χ1) is 10.4. The maximum atomic E-state index is 12.6. The quantitative estimate of drug-likeness (QED) is 0.835. The molecule has 1 unspecified atom stereocenters. The average molecular weight is 379 g/mol. The summed E-state index contributed by atoms with van der Waals surface area (Å²) in [5.74, 6) is 1.13. The molecule has 1 aromatic carbocycles. The molecule has 5 nitrogen and oxygen atoms in total. The number of hydrogen-bond acceptors (Lipinski definition) is 6. The van der Waals surface area contributed by atoms with Crippen molar-refractivity contribution in [3.8, 4) is 5.75 Å². The standard InChI is InChI=1S/C13H12Cl2N2O3S2/c14-8-3-7-10(4-9(8)15)17-12(5-11(7)18)22(19,20)13-6-21-2-1-16-13/h3-5,13,16H,1-2,6H2,(H,17,18). The molecule has 0 radical (unpaired) electrons. The fourth-order valence-corrected chi connectivity index (χ4v) is 5.43. The van der Waals surface area contributed by atoms with E-state index in [1.807, 2.05) is 0 Å². The predicted octanol–water partition coefficient (Wildman–Crippen LogP) is 2.68.